The number of rotatable bonds is 5. The summed E-state index contributed by atoms with van der Waals surface area (Å²) in [6.45, 7) is 7.74. The molecule has 2 fully saturated rings. The third-order valence-corrected chi connectivity index (χ3v) is 4.94. The SMILES string of the molecule is CCOc1cccc(C(N2CCCCC2)N2CCCCC2)c1. The van der Waals surface area contributed by atoms with E-state index in [0.717, 1.165) is 12.4 Å². The van der Waals surface area contributed by atoms with Gasteiger partial charge in [0.1, 0.15) is 5.75 Å². The molecule has 0 amide bonds. The molecule has 0 saturated carbocycles. The molecular formula is C19H30N2O. The van der Waals surface area contributed by atoms with Crippen molar-refractivity contribution >= 4 is 0 Å². The predicted octanol–water partition coefficient (Wildman–Crippen LogP) is 4.06. The van der Waals surface area contributed by atoms with E-state index in [1.165, 1.54) is 70.3 Å². The summed E-state index contributed by atoms with van der Waals surface area (Å²) in [4.78, 5) is 5.39. The number of hydrogen-bond donors (Lipinski definition) is 0. The zero-order valence-corrected chi connectivity index (χ0v) is 14.0. The second-order valence-electron chi connectivity index (χ2n) is 6.57. The van der Waals surface area contributed by atoms with E-state index in [1.807, 2.05) is 0 Å². The second kappa shape index (κ2) is 7.98. The normalized spacial score (nSPS) is 21.2. The van der Waals surface area contributed by atoms with E-state index < -0.39 is 0 Å². The lowest BCUT2D eigenvalue weighted by Crippen LogP contribution is -2.45. The van der Waals surface area contributed by atoms with Crippen molar-refractivity contribution in [2.75, 3.05) is 32.8 Å². The first kappa shape index (κ1) is 15.8. The third kappa shape index (κ3) is 3.82. The molecule has 0 spiro atoms. The van der Waals surface area contributed by atoms with Crippen molar-refractivity contribution in [2.24, 2.45) is 0 Å². The molecule has 0 bridgehead atoms. The van der Waals surface area contributed by atoms with E-state index in [-0.39, 0.29) is 0 Å². The standard InChI is InChI=1S/C19H30N2O/c1-2-22-18-11-9-10-17(16-18)19(20-12-5-3-6-13-20)21-14-7-4-8-15-21/h9-11,16,19H,2-8,12-15H2,1H3. The van der Waals surface area contributed by atoms with Gasteiger partial charge in [0.25, 0.3) is 0 Å². The van der Waals surface area contributed by atoms with Gasteiger partial charge in [-0.2, -0.15) is 0 Å². The maximum absolute atomic E-state index is 5.73. The van der Waals surface area contributed by atoms with Crippen molar-refractivity contribution < 1.29 is 4.74 Å². The van der Waals surface area contributed by atoms with E-state index in [2.05, 4.69) is 41.0 Å². The van der Waals surface area contributed by atoms with E-state index in [1.54, 1.807) is 0 Å². The Bertz CT molecular complexity index is 433. The molecule has 2 saturated heterocycles. The Labute approximate surface area is 135 Å². The van der Waals surface area contributed by atoms with Crippen molar-refractivity contribution in [3.63, 3.8) is 0 Å². The molecule has 0 aliphatic carbocycles. The molecule has 0 radical (unpaired) electrons. The minimum absolute atomic E-state index is 0.445. The van der Waals surface area contributed by atoms with Gasteiger partial charge in [-0.05, 0) is 76.5 Å². The van der Waals surface area contributed by atoms with Crippen molar-refractivity contribution in [3.8, 4) is 5.75 Å². The van der Waals surface area contributed by atoms with Crippen LogP contribution < -0.4 is 4.74 Å². The number of nitrogens with zero attached hydrogens (tertiary/aromatic N) is 2. The van der Waals surface area contributed by atoms with E-state index in [9.17, 15) is 0 Å². The Morgan fingerprint density at radius 1 is 0.909 bits per heavy atom. The lowest BCUT2D eigenvalue weighted by atomic mass is 10.0. The molecule has 1 aromatic carbocycles. The predicted molar refractivity (Wildman–Crippen MR) is 91.2 cm³/mol. The summed E-state index contributed by atoms with van der Waals surface area (Å²) in [7, 11) is 0. The monoisotopic (exact) mass is 302 g/mol. The fraction of sp³-hybridized carbons (Fsp3) is 0.684. The van der Waals surface area contributed by atoms with E-state index >= 15 is 0 Å². The first-order valence-corrected chi connectivity index (χ1v) is 9.09. The topological polar surface area (TPSA) is 15.7 Å². The summed E-state index contributed by atoms with van der Waals surface area (Å²) in [6.07, 6.45) is 8.60. The first-order chi connectivity index (χ1) is 10.9. The van der Waals surface area contributed by atoms with Crippen LogP contribution in [-0.2, 0) is 0 Å². The van der Waals surface area contributed by atoms with Crippen LogP contribution >= 0.6 is 0 Å². The summed E-state index contributed by atoms with van der Waals surface area (Å²) in [5, 5.41) is 0. The highest BCUT2D eigenvalue weighted by atomic mass is 16.5. The summed E-state index contributed by atoms with van der Waals surface area (Å²) in [5.74, 6) is 1.01. The summed E-state index contributed by atoms with van der Waals surface area (Å²) in [5.41, 5.74) is 1.41. The quantitative estimate of drug-likeness (QED) is 0.816. The van der Waals surface area contributed by atoms with Crippen LogP contribution in [0.1, 0.15) is 57.2 Å². The highest BCUT2D eigenvalue weighted by molar-refractivity contribution is 5.30. The van der Waals surface area contributed by atoms with Gasteiger partial charge in [0, 0.05) is 0 Å². The van der Waals surface area contributed by atoms with Gasteiger partial charge in [-0.15, -0.1) is 0 Å². The van der Waals surface area contributed by atoms with Crippen LogP contribution in [0.25, 0.3) is 0 Å². The number of ether oxygens (including phenoxy) is 1. The number of benzene rings is 1. The molecule has 2 aliphatic heterocycles. The molecule has 22 heavy (non-hydrogen) atoms. The molecule has 2 heterocycles. The van der Waals surface area contributed by atoms with Crippen LogP contribution in [0, 0.1) is 0 Å². The van der Waals surface area contributed by atoms with Gasteiger partial charge in [0.05, 0.1) is 12.8 Å². The molecule has 0 aromatic heterocycles. The number of piperidine rings is 2. The lowest BCUT2D eigenvalue weighted by molar-refractivity contribution is 0.0155. The molecule has 2 aliphatic rings. The van der Waals surface area contributed by atoms with Gasteiger partial charge in [-0.3, -0.25) is 9.80 Å². The minimum atomic E-state index is 0.445. The van der Waals surface area contributed by atoms with Gasteiger partial charge in [0.15, 0.2) is 0 Å². The van der Waals surface area contributed by atoms with Crippen LogP contribution in [0.2, 0.25) is 0 Å². The van der Waals surface area contributed by atoms with Crippen LogP contribution in [0.4, 0.5) is 0 Å². The van der Waals surface area contributed by atoms with Crippen LogP contribution in [0.15, 0.2) is 24.3 Å². The van der Waals surface area contributed by atoms with Crippen molar-refractivity contribution in [1.82, 2.24) is 9.80 Å². The smallest absolute Gasteiger partial charge is 0.119 e. The van der Waals surface area contributed by atoms with E-state index in [0.29, 0.717) is 6.17 Å². The third-order valence-electron chi connectivity index (χ3n) is 4.94. The summed E-state index contributed by atoms with van der Waals surface area (Å²) >= 11 is 0. The average molecular weight is 302 g/mol. The Morgan fingerprint density at radius 2 is 1.50 bits per heavy atom. The maximum atomic E-state index is 5.73. The molecule has 3 rings (SSSR count). The molecule has 0 N–H and O–H groups in total. The fourth-order valence-corrected chi connectivity index (χ4v) is 3.91. The molecular weight excluding hydrogens is 272 g/mol. The molecule has 122 valence electrons. The Balaban J connectivity index is 1.84. The molecule has 1 aromatic rings. The molecule has 3 nitrogen and oxygen atoms in total. The van der Waals surface area contributed by atoms with Crippen molar-refractivity contribution in [1.29, 1.82) is 0 Å². The Kier molecular flexibility index (Phi) is 5.74. The zero-order chi connectivity index (χ0) is 15.2. The lowest BCUT2D eigenvalue weighted by Gasteiger charge is -2.43. The van der Waals surface area contributed by atoms with Gasteiger partial charge >= 0.3 is 0 Å². The highest BCUT2D eigenvalue weighted by Crippen LogP contribution is 2.32. The Hall–Kier alpha value is -1.06. The first-order valence-electron chi connectivity index (χ1n) is 9.09. The number of likely N-dealkylation sites (tertiary alicyclic amines) is 2. The molecule has 3 heteroatoms. The largest absolute Gasteiger partial charge is 0.494 e. The van der Waals surface area contributed by atoms with Crippen molar-refractivity contribution in [2.45, 2.75) is 51.6 Å². The van der Waals surface area contributed by atoms with E-state index in [4.69, 9.17) is 4.74 Å². The summed E-state index contributed by atoms with van der Waals surface area (Å²) in [6, 6.07) is 8.78. The average Bonchev–Trinajstić information content (AvgIpc) is 2.58. The minimum Gasteiger partial charge on any atom is -0.494 e. The van der Waals surface area contributed by atoms with Gasteiger partial charge < -0.3 is 4.74 Å². The van der Waals surface area contributed by atoms with Crippen LogP contribution in [-0.4, -0.2) is 42.6 Å². The highest BCUT2D eigenvalue weighted by Gasteiger charge is 2.29. The van der Waals surface area contributed by atoms with Crippen LogP contribution in [0.5, 0.6) is 5.75 Å². The van der Waals surface area contributed by atoms with Crippen molar-refractivity contribution in [3.05, 3.63) is 29.8 Å². The summed E-state index contributed by atoms with van der Waals surface area (Å²) < 4.78 is 5.73. The molecule has 0 unspecified atom stereocenters. The second-order valence-corrected chi connectivity index (χ2v) is 6.57. The Morgan fingerprint density at radius 3 is 2.05 bits per heavy atom. The zero-order valence-electron chi connectivity index (χ0n) is 14.0. The molecule has 0 atom stereocenters. The van der Waals surface area contributed by atoms with Gasteiger partial charge in [-0.25, -0.2) is 0 Å². The fourth-order valence-electron chi connectivity index (χ4n) is 3.91. The maximum Gasteiger partial charge on any atom is 0.119 e. The van der Waals surface area contributed by atoms with Gasteiger partial charge in [-0.1, -0.05) is 25.0 Å². The van der Waals surface area contributed by atoms with Gasteiger partial charge in [0.2, 0.25) is 0 Å². The number of hydrogen-bond acceptors (Lipinski definition) is 3. The van der Waals surface area contributed by atoms with Crippen LogP contribution in [0.3, 0.4) is 0 Å².